The lowest BCUT2D eigenvalue weighted by molar-refractivity contribution is 0.106. The van der Waals surface area contributed by atoms with Crippen LogP contribution in [0.2, 0.25) is 15.1 Å². The van der Waals surface area contributed by atoms with Crippen LogP contribution in [0.15, 0.2) is 41.5 Å². The van der Waals surface area contributed by atoms with E-state index in [0.29, 0.717) is 16.3 Å². The highest BCUT2D eigenvalue weighted by atomic mass is 35.5. The molecule has 0 fully saturated rings. The summed E-state index contributed by atoms with van der Waals surface area (Å²) < 4.78 is 5.02. The molecule has 2 aromatic rings. The van der Waals surface area contributed by atoms with Gasteiger partial charge in [-0.2, -0.15) is 10.4 Å². The Morgan fingerprint density at radius 1 is 1.17 bits per heavy atom. The first-order chi connectivity index (χ1) is 11.5. The first kappa shape index (κ1) is 18.1. The summed E-state index contributed by atoms with van der Waals surface area (Å²) in [7, 11) is 1.52. The van der Waals surface area contributed by atoms with Crippen molar-refractivity contribution in [3.8, 4) is 11.8 Å². The third-order valence-corrected chi connectivity index (χ3v) is 3.77. The topological polar surface area (TPSA) is 74.5 Å². The number of halogens is 3. The lowest BCUT2D eigenvalue weighted by Gasteiger charge is -2.07. The largest absolute Gasteiger partial charge is 0.497 e. The maximum atomic E-state index is 12.3. The molecule has 122 valence electrons. The highest BCUT2D eigenvalue weighted by Gasteiger charge is 2.15. The van der Waals surface area contributed by atoms with Crippen LogP contribution in [0.3, 0.4) is 0 Å². The van der Waals surface area contributed by atoms with Gasteiger partial charge in [-0.05, 0) is 36.4 Å². The molecule has 24 heavy (non-hydrogen) atoms. The normalized spacial score (nSPS) is 10.9. The summed E-state index contributed by atoms with van der Waals surface area (Å²) >= 11 is 17.8. The van der Waals surface area contributed by atoms with Crippen LogP contribution in [0.5, 0.6) is 5.75 Å². The van der Waals surface area contributed by atoms with Crippen LogP contribution in [-0.4, -0.2) is 18.6 Å². The van der Waals surface area contributed by atoms with Gasteiger partial charge in [-0.3, -0.25) is 10.2 Å². The molecule has 0 spiro atoms. The first-order valence-electron chi connectivity index (χ1n) is 6.53. The number of nitrogens with zero attached hydrogens (tertiary/aromatic N) is 2. The summed E-state index contributed by atoms with van der Waals surface area (Å²) in [4.78, 5) is 12.3. The van der Waals surface area contributed by atoms with Crippen molar-refractivity contribution in [1.29, 1.82) is 5.26 Å². The van der Waals surface area contributed by atoms with Crippen molar-refractivity contribution < 1.29 is 9.53 Å². The molecule has 0 saturated carbocycles. The highest BCUT2D eigenvalue weighted by molar-refractivity contribution is 6.51. The lowest BCUT2D eigenvalue weighted by Crippen LogP contribution is -2.14. The third-order valence-electron chi connectivity index (χ3n) is 2.96. The number of nitrogens with one attached hydrogen (secondary N) is 1. The quantitative estimate of drug-likeness (QED) is 0.456. The van der Waals surface area contributed by atoms with Crippen molar-refractivity contribution in [3.63, 3.8) is 0 Å². The monoisotopic (exact) mass is 381 g/mol. The van der Waals surface area contributed by atoms with E-state index in [1.54, 1.807) is 18.2 Å². The minimum Gasteiger partial charge on any atom is -0.497 e. The number of hydrogen-bond acceptors (Lipinski definition) is 5. The van der Waals surface area contributed by atoms with Gasteiger partial charge in [0, 0.05) is 10.6 Å². The van der Waals surface area contributed by atoms with Crippen molar-refractivity contribution in [2.75, 3.05) is 12.5 Å². The average molecular weight is 383 g/mol. The second kappa shape index (κ2) is 8.02. The van der Waals surface area contributed by atoms with Crippen LogP contribution < -0.4 is 10.2 Å². The Morgan fingerprint density at radius 2 is 1.75 bits per heavy atom. The van der Waals surface area contributed by atoms with Gasteiger partial charge < -0.3 is 4.74 Å². The maximum absolute atomic E-state index is 12.3. The van der Waals surface area contributed by atoms with Crippen molar-refractivity contribution in [2.24, 2.45) is 5.10 Å². The summed E-state index contributed by atoms with van der Waals surface area (Å²) in [6.07, 6.45) is 0. The van der Waals surface area contributed by atoms with Gasteiger partial charge in [0.1, 0.15) is 11.8 Å². The van der Waals surface area contributed by atoms with Gasteiger partial charge in [0.05, 0.1) is 22.8 Å². The van der Waals surface area contributed by atoms with Crippen molar-refractivity contribution >= 4 is 52.0 Å². The predicted octanol–water partition coefficient (Wildman–Crippen LogP) is 4.83. The zero-order valence-corrected chi connectivity index (χ0v) is 14.6. The summed E-state index contributed by atoms with van der Waals surface area (Å²) in [5.41, 5.74) is 2.73. The molecule has 0 aromatic heterocycles. The molecule has 2 aromatic carbocycles. The number of hydrazone groups is 1. The molecule has 8 heteroatoms. The molecule has 5 nitrogen and oxygen atoms in total. The Bertz CT molecular complexity index is 820. The Labute approximate surface area is 153 Å². The molecule has 0 bridgehead atoms. The van der Waals surface area contributed by atoms with Crippen molar-refractivity contribution in [1.82, 2.24) is 0 Å². The van der Waals surface area contributed by atoms with E-state index in [1.165, 1.54) is 31.4 Å². The molecule has 0 saturated heterocycles. The average Bonchev–Trinajstić information content (AvgIpc) is 2.57. The molecular weight excluding hydrogens is 373 g/mol. The fourth-order valence-corrected chi connectivity index (χ4v) is 2.67. The van der Waals surface area contributed by atoms with Crippen LogP contribution in [-0.2, 0) is 0 Å². The van der Waals surface area contributed by atoms with Crippen LogP contribution in [0.25, 0.3) is 0 Å². The molecule has 1 N–H and O–H groups in total. The van der Waals surface area contributed by atoms with Gasteiger partial charge in [0.25, 0.3) is 0 Å². The van der Waals surface area contributed by atoms with Gasteiger partial charge in [0.2, 0.25) is 11.5 Å². The van der Waals surface area contributed by atoms with Crippen LogP contribution in [0, 0.1) is 11.3 Å². The van der Waals surface area contributed by atoms with E-state index in [2.05, 4.69) is 10.5 Å². The van der Waals surface area contributed by atoms with E-state index in [9.17, 15) is 4.79 Å². The zero-order valence-electron chi connectivity index (χ0n) is 12.3. The molecule has 0 aliphatic rings. The minimum absolute atomic E-state index is 0.213. The van der Waals surface area contributed by atoms with Crippen molar-refractivity contribution in [3.05, 3.63) is 57.0 Å². The number of anilines is 1. The molecule has 0 atom stereocenters. The second-order valence-corrected chi connectivity index (χ2v) is 5.74. The van der Waals surface area contributed by atoms with Gasteiger partial charge >= 0.3 is 0 Å². The Kier molecular flexibility index (Phi) is 6.04. The molecule has 0 radical (unpaired) electrons. The Hall–Kier alpha value is -2.26. The number of methoxy groups -OCH3 is 1. The van der Waals surface area contributed by atoms with E-state index in [1.807, 2.05) is 0 Å². The first-order valence-corrected chi connectivity index (χ1v) is 7.66. The smallest absolute Gasteiger partial charge is 0.223 e. The van der Waals surface area contributed by atoms with E-state index >= 15 is 0 Å². The number of ketones is 1. The summed E-state index contributed by atoms with van der Waals surface area (Å²) in [5.74, 6) is 0.0497. The Morgan fingerprint density at radius 3 is 2.25 bits per heavy atom. The molecule has 0 aliphatic carbocycles. The number of hydrogen-bond donors (Lipinski definition) is 1. The fraction of sp³-hybridized carbons (Fsp3) is 0.0625. The standard InChI is InChI=1S/C16H10Cl3N3O2/c1-24-11-4-2-9(3-5-11)16(23)14(8-20)21-22-15-12(18)6-10(17)7-13(15)19/h2-7,22H,1H3/b21-14+. The highest BCUT2D eigenvalue weighted by Crippen LogP contribution is 2.33. The summed E-state index contributed by atoms with van der Waals surface area (Å²) in [5, 5.41) is 13.7. The number of carbonyl (C=O) groups is 1. The number of carbonyl (C=O) groups excluding carboxylic acids is 1. The lowest BCUT2D eigenvalue weighted by atomic mass is 10.1. The second-order valence-electron chi connectivity index (χ2n) is 4.49. The SMILES string of the molecule is COc1ccc(C(=O)/C(C#N)=N/Nc2c(Cl)cc(Cl)cc2Cl)cc1. The number of Topliss-reactive ketones (excluding diaryl/α,β-unsaturated/α-hetero) is 1. The zero-order chi connectivity index (χ0) is 17.7. The van der Waals surface area contributed by atoms with Gasteiger partial charge in [-0.1, -0.05) is 34.8 Å². The molecule has 0 amide bonds. The maximum Gasteiger partial charge on any atom is 0.223 e. The molecule has 0 heterocycles. The van der Waals surface area contributed by atoms with Crippen LogP contribution in [0.4, 0.5) is 5.69 Å². The van der Waals surface area contributed by atoms with E-state index in [0.717, 1.165) is 0 Å². The number of rotatable bonds is 5. The van der Waals surface area contributed by atoms with Crippen molar-refractivity contribution in [2.45, 2.75) is 0 Å². The van der Waals surface area contributed by atoms with E-state index < -0.39 is 5.78 Å². The number of benzene rings is 2. The minimum atomic E-state index is -0.547. The van der Waals surface area contributed by atoms with Crippen LogP contribution >= 0.6 is 34.8 Å². The Balaban J connectivity index is 2.26. The van der Waals surface area contributed by atoms with Crippen LogP contribution in [0.1, 0.15) is 10.4 Å². The molecule has 0 aliphatic heterocycles. The molecule has 0 unspecified atom stereocenters. The summed E-state index contributed by atoms with van der Waals surface area (Å²) in [6, 6.07) is 11.0. The van der Waals surface area contributed by atoms with E-state index in [-0.39, 0.29) is 21.4 Å². The third kappa shape index (κ3) is 4.18. The number of ether oxygens (including phenoxy) is 1. The predicted molar refractivity (Wildman–Crippen MR) is 95.5 cm³/mol. The fourth-order valence-electron chi connectivity index (χ4n) is 1.77. The molecular formula is C16H10Cl3N3O2. The van der Waals surface area contributed by atoms with E-state index in [4.69, 9.17) is 44.8 Å². The summed E-state index contributed by atoms with van der Waals surface area (Å²) in [6.45, 7) is 0. The van der Waals surface area contributed by atoms with Gasteiger partial charge in [-0.15, -0.1) is 0 Å². The van der Waals surface area contributed by atoms with Gasteiger partial charge in [-0.25, -0.2) is 0 Å². The number of nitriles is 1. The molecule has 2 rings (SSSR count). The van der Waals surface area contributed by atoms with Gasteiger partial charge in [0.15, 0.2) is 0 Å².